The summed E-state index contributed by atoms with van der Waals surface area (Å²) in [5, 5.41) is 0.902. The van der Waals surface area contributed by atoms with E-state index >= 15 is 4.39 Å². The molecule has 0 aliphatic carbocycles. The molecule has 1 aliphatic heterocycles. The zero-order valence-electron chi connectivity index (χ0n) is 20.1. The van der Waals surface area contributed by atoms with Gasteiger partial charge in [0.25, 0.3) is 10.0 Å². The summed E-state index contributed by atoms with van der Waals surface area (Å²) in [5.41, 5.74) is 0.684. The van der Waals surface area contributed by atoms with Gasteiger partial charge in [0.2, 0.25) is 5.91 Å². The molecule has 9 nitrogen and oxygen atoms in total. The lowest BCUT2D eigenvalue weighted by molar-refractivity contribution is -0.121. The number of carbonyl (C=O) groups excluding carboxylic acids is 1. The number of halogens is 2. The average molecular weight is 563 g/mol. The average Bonchev–Trinajstić information content (AvgIpc) is 3.47. The van der Waals surface area contributed by atoms with Crippen LogP contribution in [0.1, 0.15) is 18.7 Å². The van der Waals surface area contributed by atoms with Gasteiger partial charge < -0.3 is 14.4 Å². The molecule has 1 atom stereocenters. The summed E-state index contributed by atoms with van der Waals surface area (Å²) in [5.74, 6) is -0.328. The summed E-state index contributed by atoms with van der Waals surface area (Å²) in [6.07, 6.45) is 4.22. The second kappa shape index (κ2) is 10.1. The van der Waals surface area contributed by atoms with Gasteiger partial charge >= 0.3 is 0 Å². The van der Waals surface area contributed by atoms with Crippen molar-refractivity contribution in [3.05, 3.63) is 65.6 Å². The predicted molar refractivity (Wildman–Crippen MR) is 141 cm³/mol. The maximum absolute atomic E-state index is 15.3. The van der Waals surface area contributed by atoms with Crippen molar-refractivity contribution in [2.45, 2.75) is 29.6 Å². The number of fused-ring (bicyclic) bond motifs is 1. The van der Waals surface area contributed by atoms with Gasteiger partial charge in [0.1, 0.15) is 31.9 Å². The highest BCUT2D eigenvalue weighted by molar-refractivity contribution is 7.91. The highest BCUT2D eigenvalue weighted by Gasteiger charge is 2.35. The molecular weight excluding hydrogens is 539 g/mol. The smallest absolute Gasteiger partial charge is 0.250 e. The predicted octanol–water partition coefficient (Wildman–Crippen LogP) is 3.81. The van der Waals surface area contributed by atoms with E-state index in [2.05, 4.69) is 14.7 Å². The number of nitrogens with one attached hydrogen (secondary N) is 1. The van der Waals surface area contributed by atoms with Crippen LogP contribution in [0.4, 0.5) is 10.1 Å². The molecule has 3 aromatic heterocycles. The van der Waals surface area contributed by atoms with Crippen LogP contribution >= 0.6 is 22.9 Å². The SMILES string of the molecule is CN(C)Cc1nccn1-c1ccc(N2CCCC(NS(=O)(=O)c3cc4ccc(Cl)nc4s3)C2=O)c(F)c1. The number of carbonyl (C=O) groups is 1. The highest BCUT2D eigenvalue weighted by Crippen LogP contribution is 2.31. The van der Waals surface area contributed by atoms with E-state index in [9.17, 15) is 13.2 Å². The Hall–Kier alpha value is -2.90. The Kier molecular flexibility index (Phi) is 7.03. The van der Waals surface area contributed by atoms with E-state index in [-0.39, 0.29) is 21.6 Å². The molecule has 1 aromatic carbocycles. The molecule has 0 spiro atoms. The topological polar surface area (TPSA) is 100 Å². The Bertz CT molecular complexity index is 1590. The number of thiophene rings is 1. The Morgan fingerprint density at radius 1 is 1.24 bits per heavy atom. The lowest BCUT2D eigenvalue weighted by Gasteiger charge is -2.32. The molecule has 194 valence electrons. The van der Waals surface area contributed by atoms with Gasteiger partial charge in [-0.2, -0.15) is 4.72 Å². The molecule has 4 aromatic rings. The molecule has 5 rings (SSSR count). The number of hydrogen-bond donors (Lipinski definition) is 1. The summed E-state index contributed by atoms with van der Waals surface area (Å²) in [6, 6.07) is 8.37. The van der Waals surface area contributed by atoms with Gasteiger partial charge in [0.15, 0.2) is 0 Å². The summed E-state index contributed by atoms with van der Waals surface area (Å²) in [6.45, 7) is 0.862. The highest BCUT2D eigenvalue weighted by atomic mass is 35.5. The molecule has 13 heteroatoms. The molecule has 0 bridgehead atoms. The third-order valence-electron chi connectivity index (χ3n) is 6.00. The number of anilines is 1. The summed E-state index contributed by atoms with van der Waals surface area (Å²) in [7, 11) is -0.166. The fraction of sp³-hybridized carbons (Fsp3) is 0.292. The number of hydrogen-bond acceptors (Lipinski definition) is 7. The second-order valence-corrected chi connectivity index (χ2v) is 12.3. The first-order chi connectivity index (χ1) is 17.6. The lowest BCUT2D eigenvalue weighted by Crippen LogP contribution is -2.52. The first-order valence-electron chi connectivity index (χ1n) is 11.5. The first kappa shape index (κ1) is 25.7. The normalized spacial score (nSPS) is 16.7. The van der Waals surface area contributed by atoms with Crippen molar-refractivity contribution in [1.82, 2.24) is 24.2 Å². The van der Waals surface area contributed by atoms with E-state index in [1.807, 2.05) is 19.0 Å². The maximum Gasteiger partial charge on any atom is 0.250 e. The third kappa shape index (κ3) is 5.25. The Morgan fingerprint density at radius 3 is 2.81 bits per heavy atom. The zero-order chi connectivity index (χ0) is 26.3. The van der Waals surface area contributed by atoms with Gasteiger partial charge in [-0.1, -0.05) is 11.6 Å². The fourth-order valence-corrected chi connectivity index (χ4v) is 7.08. The summed E-state index contributed by atoms with van der Waals surface area (Å²) < 4.78 is 45.8. The van der Waals surface area contributed by atoms with Crippen molar-refractivity contribution in [2.75, 3.05) is 25.5 Å². The van der Waals surface area contributed by atoms with Crippen LogP contribution in [0.25, 0.3) is 15.9 Å². The van der Waals surface area contributed by atoms with Crippen molar-refractivity contribution < 1.29 is 17.6 Å². The third-order valence-corrected chi connectivity index (χ3v) is 9.20. The van der Waals surface area contributed by atoms with Crippen molar-refractivity contribution in [3.8, 4) is 5.69 Å². The number of rotatable bonds is 7. The molecule has 37 heavy (non-hydrogen) atoms. The Morgan fingerprint density at radius 2 is 2.05 bits per heavy atom. The van der Waals surface area contributed by atoms with Crippen LogP contribution in [0.3, 0.4) is 0 Å². The van der Waals surface area contributed by atoms with Crippen LogP contribution in [-0.4, -0.2) is 60.4 Å². The van der Waals surface area contributed by atoms with E-state index < -0.39 is 27.8 Å². The molecule has 4 heterocycles. The molecular formula is C24H24ClFN6O3S2. The van der Waals surface area contributed by atoms with Gasteiger partial charge in [-0.05, 0) is 57.3 Å². The molecule has 1 saturated heterocycles. The molecule has 1 amide bonds. The number of benzene rings is 1. The second-order valence-electron chi connectivity index (χ2n) is 8.99. The van der Waals surface area contributed by atoms with Gasteiger partial charge in [-0.15, -0.1) is 11.3 Å². The summed E-state index contributed by atoms with van der Waals surface area (Å²) in [4.78, 5) is 25.5. The number of sulfonamides is 1. The van der Waals surface area contributed by atoms with Crippen molar-refractivity contribution in [3.63, 3.8) is 0 Å². The molecule has 0 radical (unpaired) electrons. The number of aromatic nitrogens is 3. The Balaban J connectivity index is 1.36. The van der Waals surface area contributed by atoms with Crippen molar-refractivity contribution in [1.29, 1.82) is 0 Å². The number of piperidine rings is 1. The zero-order valence-corrected chi connectivity index (χ0v) is 22.4. The minimum Gasteiger partial charge on any atom is -0.308 e. The van der Waals surface area contributed by atoms with E-state index in [4.69, 9.17) is 11.6 Å². The molecule has 0 saturated carbocycles. The number of amides is 1. The maximum atomic E-state index is 15.3. The number of imidazole rings is 1. The van der Waals surface area contributed by atoms with Crippen LogP contribution in [0.2, 0.25) is 5.15 Å². The molecule has 1 aliphatic rings. The van der Waals surface area contributed by atoms with Crippen LogP contribution in [0.15, 0.2) is 53.0 Å². The van der Waals surface area contributed by atoms with Gasteiger partial charge in [-0.3, -0.25) is 4.79 Å². The van der Waals surface area contributed by atoms with Crippen LogP contribution in [0.5, 0.6) is 0 Å². The number of nitrogens with zero attached hydrogens (tertiary/aromatic N) is 5. The van der Waals surface area contributed by atoms with Crippen molar-refractivity contribution >= 4 is 54.8 Å². The van der Waals surface area contributed by atoms with Crippen LogP contribution < -0.4 is 9.62 Å². The minimum absolute atomic E-state index is 0.0339. The van der Waals surface area contributed by atoms with E-state index in [0.717, 1.165) is 17.2 Å². The van der Waals surface area contributed by atoms with E-state index in [1.165, 1.54) is 17.0 Å². The Labute approximate surface area is 222 Å². The largest absolute Gasteiger partial charge is 0.308 e. The molecule has 1 N–H and O–H groups in total. The molecule has 1 fully saturated rings. The standard InChI is InChI=1S/C24H24ClFN6O3S2/c1-30(2)14-21-27-9-11-31(21)16-6-7-19(17(26)13-16)32-10-3-4-18(24(32)33)29-37(34,35)22-12-15-5-8-20(25)28-23(15)36-22/h5-9,11-13,18,29H,3-4,10,14H2,1-2H3. The fourth-order valence-electron chi connectivity index (χ4n) is 4.31. The quantitative estimate of drug-likeness (QED) is 0.344. The monoisotopic (exact) mass is 562 g/mol. The van der Waals surface area contributed by atoms with E-state index in [0.29, 0.717) is 35.3 Å². The van der Waals surface area contributed by atoms with Crippen LogP contribution in [-0.2, 0) is 21.4 Å². The van der Waals surface area contributed by atoms with Gasteiger partial charge in [-0.25, -0.2) is 22.8 Å². The van der Waals surface area contributed by atoms with Crippen molar-refractivity contribution in [2.24, 2.45) is 0 Å². The van der Waals surface area contributed by atoms with E-state index in [1.54, 1.807) is 41.2 Å². The lowest BCUT2D eigenvalue weighted by atomic mass is 10.0. The van der Waals surface area contributed by atoms with Gasteiger partial charge in [0.05, 0.1) is 12.2 Å². The molecule has 1 unspecified atom stereocenters. The number of pyridine rings is 1. The first-order valence-corrected chi connectivity index (χ1v) is 14.2. The van der Waals surface area contributed by atoms with Crippen LogP contribution in [0, 0.1) is 5.82 Å². The van der Waals surface area contributed by atoms with Gasteiger partial charge in [0, 0.05) is 36.1 Å². The summed E-state index contributed by atoms with van der Waals surface area (Å²) >= 11 is 6.88. The minimum atomic E-state index is -4.00.